The molecule has 1 aromatic heterocycles. The van der Waals surface area contributed by atoms with Gasteiger partial charge in [-0.05, 0) is 75.9 Å². The van der Waals surface area contributed by atoms with Crippen molar-refractivity contribution in [3.63, 3.8) is 0 Å². The number of aromatic amines is 1. The van der Waals surface area contributed by atoms with Crippen LogP contribution in [0, 0.1) is 11.8 Å². The average Bonchev–Trinajstić information content (AvgIpc) is 3.12. The number of rotatable bonds is 8. The second-order valence-electron chi connectivity index (χ2n) is 9.95. The molecule has 3 heterocycles. The highest BCUT2D eigenvalue weighted by atomic mass is 16.5. The van der Waals surface area contributed by atoms with Crippen molar-refractivity contribution in [2.24, 2.45) is 11.8 Å². The molecule has 34 heavy (non-hydrogen) atoms. The number of benzene rings is 1. The smallest absolute Gasteiger partial charge is 0.270 e. The number of hydrogen-bond donors (Lipinski definition) is 2. The third-order valence-corrected chi connectivity index (χ3v) is 7.66. The van der Waals surface area contributed by atoms with Gasteiger partial charge in [0.05, 0.1) is 7.11 Å². The quantitative estimate of drug-likeness (QED) is 0.573. The third-order valence-electron chi connectivity index (χ3n) is 7.66. The van der Waals surface area contributed by atoms with E-state index >= 15 is 0 Å². The second-order valence-corrected chi connectivity index (χ2v) is 9.95. The van der Waals surface area contributed by atoms with Crippen LogP contribution in [0.5, 0.6) is 5.75 Å². The maximum absolute atomic E-state index is 13.0. The van der Waals surface area contributed by atoms with Crippen LogP contribution in [0.1, 0.15) is 62.4 Å². The van der Waals surface area contributed by atoms with Crippen LogP contribution in [0.25, 0.3) is 10.9 Å². The minimum Gasteiger partial charge on any atom is -0.497 e. The van der Waals surface area contributed by atoms with Crippen molar-refractivity contribution in [2.45, 2.75) is 51.9 Å². The molecule has 2 amide bonds. The number of hydrogen-bond acceptors (Lipinski definition) is 4. The van der Waals surface area contributed by atoms with Crippen LogP contribution in [0.15, 0.2) is 24.3 Å². The molecular weight excluding hydrogens is 428 g/mol. The lowest BCUT2D eigenvalue weighted by molar-refractivity contribution is -0.126. The lowest BCUT2D eigenvalue weighted by atomic mass is 9.84. The Morgan fingerprint density at radius 2 is 1.82 bits per heavy atom. The fourth-order valence-corrected chi connectivity index (χ4v) is 5.37. The molecule has 0 aliphatic carbocycles. The van der Waals surface area contributed by atoms with Gasteiger partial charge in [0.25, 0.3) is 5.91 Å². The molecule has 2 aliphatic heterocycles. The summed E-state index contributed by atoms with van der Waals surface area (Å²) in [6.45, 7) is 7.65. The average molecular weight is 469 g/mol. The predicted molar refractivity (Wildman–Crippen MR) is 135 cm³/mol. The molecular formula is C27H40N4O3. The van der Waals surface area contributed by atoms with Crippen LogP contribution in [0.4, 0.5) is 0 Å². The minimum absolute atomic E-state index is 0.0176. The van der Waals surface area contributed by atoms with Crippen LogP contribution in [-0.2, 0) is 4.79 Å². The predicted octanol–water partition coefficient (Wildman–Crippen LogP) is 4.05. The molecule has 4 rings (SSSR count). The van der Waals surface area contributed by atoms with Gasteiger partial charge in [0.2, 0.25) is 5.91 Å². The Balaban J connectivity index is 1.20. The molecule has 0 spiro atoms. The Bertz CT molecular complexity index is 956. The normalized spacial score (nSPS) is 19.1. The number of amides is 2. The molecule has 0 bridgehead atoms. The number of carbonyl (C=O) groups is 2. The molecule has 1 atom stereocenters. The highest BCUT2D eigenvalue weighted by Crippen LogP contribution is 2.27. The van der Waals surface area contributed by atoms with Crippen molar-refractivity contribution in [1.29, 1.82) is 0 Å². The summed E-state index contributed by atoms with van der Waals surface area (Å²) in [5.41, 5.74) is 1.51. The van der Waals surface area contributed by atoms with Crippen molar-refractivity contribution < 1.29 is 14.3 Å². The Hall–Kier alpha value is -2.54. The number of nitrogens with zero attached hydrogens (tertiary/aromatic N) is 2. The lowest BCUT2D eigenvalue weighted by Gasteiger charge is -2.34. The molecule has 2 saturated heterocycles. The largest absolute Gasteiger partial charge is 0.497 e. The first-order valence-electron chi connectivity index (χ1n) is 13.0. The maximum Gasteiger partial charge on any atom is 0.270 e. The van der Waals surface area contributed by atoms with Gasteiger partial charge in [-0.25, -0.2) is 0 Å². The van der Waals surface area contributed by atoms with Gasteiger partial charge in [-0.15, -0.1) is 0 Å². The molecule has 2 aliphatic rings. The number of likely N-dealkylation sites (tertiary alicyclic amines) is 2. The van der Waals surface area contributed by atoms with E-state index in [4.69, 9.17) is 4.74 Å². The minimum atomic E-state index is -0.0176. The van der Waals surface area contributed by atoms with E-state index in [1.54, 1.807) is 7.11 Å². The monoisotopic (exact) mass is 468 g/mol. The van der Waals surface area contributed by atoms with Crippen molar-refractivity contribution in [3.05, 3.63) is 30.0 Å². The number of methoxy groups -OCH3 is 1. The van der Waals surface area contributed by atoms with Crippen LogP contribution < -0.4 is 10.1 Å². The highest BCUT2D eigenvalue weighted by molar-refractivity contribution is 5.98. The molecule has 2 fully saturated rings. The van der Waals surface area contributed by atoms with Gasteiger partial charge in [0.1, 0.15) is 11.4 Å². The number of aromatic nitrogens is 1. The molecule has 1 aromatic carbocycles. The highest BCUT2D eigenvalue weighted by Gasteiger charge is 2.30. The number of piperidine rings is 1. The molecule has 2 N–H and O–H groups in total. The molecule has 0 radical (unpaired) electrons. The van der Waals surface area contributed by atoms with E-state index in [1.807, 2.05) is 36.1 Å². The zero-order valence-electron chi connectivity index (χ0n) is 20.8. The SMILES string of the molecule is COc1ccc2cc(C(=O)N3CCC(C(C)C(=O)NCCCN4CCCCCC4)CC3)[nH]c2c1. The second kappa shape index (κ2) is 11.7. The fraction of sp³-hybridized carbons (Fsp3) is 0.630. The Morgan fingerprint density at radius 1 is 1.09 bits per heavy atom. The summed E-state index contributed by atoms with van der Waals surface area (Å²) < 4.78 is 5.27. The Morgan fingerprint density at radius 3 is 2.53 bits per heavy atom. The molecule has 2 aromatic rings. The van der Waals surface area contributed by atoms with Gasteiger partial charge in [-0.2, -0.15) is 0 Å². The van der Waals surface area contributed by atoms with Gasteiger partial charge in [-0.3, -0.25) is 9.59 Å². The number of fused-ring (bicyclic) bond motifs is 1. The van der Waals surface area contributed by atoms with E-state index in [0.29, 0.717) is 24.7 Å². The zero-order chi connectivity index (χ0) is 23.9. The molecule has 7 heteroatoms. The number of carbonyl (C=O) groups excluding carboxylic acids is 2. The van der Waals surface area contributed by atoms with Crippen LogP contribution in [-0.4, -0.2) is 73.0 Å². The van der Waals surface area contributed by atoms with Crippen LogP contribution >= 0.6 is 0 Å². The first-order valence-corrected chi connectivity index (χ1v) is 13.0. The summed E-state index contributed by atoms with van der Waals surface area (Å²) in [4.78, 5) is 33.4. The molecule has 186 valence electrons. The molecule has 0 saturated carbocycles. The van der Waals surface area contributed by atoms with Crippen molar-refractivity contribution in [3.8, 4) is 5.75 Å². The fourth-order valence-electron chi connectivity index (χ4n) is 5.37. The van der Waals surface area contributed by atoms with Crippen LogP contribution in [0.2, 0.25) is 0 Å². The van der Waals surface area contributed by atoms with Gasteiger partial charge < -0.3 is 24.8 Å². The third kappa shape index (κ3) is 6.12. The van der Waals surface area contributed by atoms with E-state index in [9.17, 15) is 9.59 Å². The molecule has 1 unspecified atom stereocenters. The summed E-state index contributed by atoms with van der Waals surface area (Å²) >= 11 is 0. The maximum atomic E-state index is 13.0. The van der Waals surface area contributed by atoms with E-state index in [2.05, 4.69) is 15.2 Å². The number of H-pyrrole nitrogens is 1. The lowest BCUT2D eigenvalue weighted by Crippen LogP contribution is -2.43. The Labute approximate surface area is 203 Å². The molecule has 7 nitrogen and oxygen atoms in total. The van der Waals surface area contributed by atoms with Gasteiger partial charge in [0, 0.05) is 42.5 Å². The van der Waals surface area contributed by atoms with E-state index in [1.165, 1.54) is 38.8 Å². The first kappa shape index (κ1) is 24.6. The van der Waals surface area contributed by atoms with E-state index in [-0.39, 0.29) is 17.7 Å². The van der Waals surface area contributed by atoms with Crippen molar-refractivity contribution in [1.82, 2.24) is 20.1 Å². The van der Waals surface area contributed by atoms with Crippen molar-refractivity contribution in [2.75, 3.05) is 46.4 Å². The summed E-state index contributed by atoms with van der Waals surface area (Å²) in [5.74, 6) is 1.26. The topological polar surface area (TPSA) is 77.7 Å². The van der Waals surface area contributed by atoms with Crippen LogP contribution in [0.3, 0.4) is 0 Å². The standard InChI is InChI=1S/C27H40N4O3/c1-20(26(32)28-12-7-15-30-13-5-3-4-6-14-30)21-10-16-31(17-11-21)27(33)25-18-22-8-9-23(34-2)19-24(22)29-25/h8-9,18-21,29H,3-7,10-17H2,1-2H3,(H,28,32). The summed E-state index contributed by atoms with van der Waals surface area (Å²) in [5, 5.41) is 4.16. The van der Waals surface area contributed by atoms with E-state index < -0.39 is 0 Å². The van der Waals surface area contributed by atoms with Gasteiger partial charge >= 0.3 is 0 Å². The summed E-state index contributed by atoms with van der Waals surface area (Å²) in [6, 6.07) is 7.68. The number of nitrogens with one attached hydrogen (secondary N) is 2. The van der Waals surface area contributed by atoms with Gasteiger partial charge in [0.15, 0.2) is 0 Å². The summed E-state index contributed by atoms with van der Waals surface area (Å²) in [6.07, 6.45) is 8.06. The number of ether oxygens (including phenoxy) is 1. The summed E-state index contributed by atoms with van der Waals surface area (Å²) in [7, 11) is 1.64. The van der Waals surface area contributed by atoms with E-state index in [0.717, 1.165) is 49.0 Å². The Kier molecular flexibility index (Phi) is 8.48. The zero-order valence-corrected chi connectivity index (χ0v) is 20.8. The van der Waals surface area contributed by atoms with Crippen molar-refractivity contribution >= 4 is 22.7 Å². The van der Waals surface area contributed by atoms with Gasteiger partial charge in [-0.1, -0.05) is 19.8 Å². The first-order chi connectivity index (χ1) is 16.5.